The van der Waals surface area contributed by atoms with Crippen molar-refractivity contribution in [3.8, 4) is 33.6 Å². The van der Waals surface area contributed by atoms with Crippen molar-refractivity contribution in [3.63, 3.8) is 0 Å². The van der Waals surface area contributed by atoms with Crippen molar-refractivity contribution in [1.29, 1.82) is 0 Å². The molecule has 0 spiro atoms. The van der Waals surface area contributed by atoms with Crippen LogP contribution in [0.15, 0.2) is 60.9 Å². The zero-order valence-corrected chi connectivity index (χ0v) is 31.7. The van der Waals surface area contributed by atoms with Crippen LogP contribution in [-0.4, -0.2) is 82.6 Å². The Hall–Kier alpha value is -5.42. The van der Waals surface area contributed by atoms with Crippen LogP contribution in [-0.2, 0) is 28.5 Å². The summed E-state index contributed by atoms with van der Waals surface area (Å²) >= 11 is 0. The smallest absolute Gasteiger partial charge is 0.379 e. The van der Waals surface area contributed by atoms with E-state index in [1.807, 2.05) is 76.2 Å². The molecule has 0 fully saturated rings. The number of methoxy groups -OCH3 is 2. The average Bonchev–Trinajstić information content (AvgIpc) is 3.81. The lowest BCUT2D eigenvalue weighted by atomic mass is 9.92. The number of nitrogens with one attached hydrogen (secondary N) is 4. The molecule has 16 heteroatoms. The average molecular weight is 747 g/mol. The summed E-state index contributed by atoms with van der Waals surface area (Å²) in [5, 5.41) is 6.52. The summed E-state index contributed by atoms with van der Waals surface area (Å²) < 4.78 is 20.3. The van der Waals surface area contributed by atoms with Crippen molar-refractivity contribution >= 4 is 24.1 Å². The molecule has 0 radical (unpaired) electrons. The van der Waals surface area contributed by atoms with Gasteiger partial charge in [-0.25, -0.2) is 29.1 Å². The van der Waals surface area contributed by atoms with E-state index >= 15 is 0 Å². The molecular weight excluding hydrogens is 696 g/mol. The molecule has 54 heavy (non-hydrogen) atoms. The van der Waals surface area contributed by atoms with Crippen LogP contribution in [0.4, 0.5) is 9.59 Å². The molecule has 290 valence electrons. The second-order valence-corrected chi connectivity index (χ2v) is 13.6. The fraction of sp³-hybridized carbons (Fsp3) is 0.421. The molecule has 0 aliphatic carbocycles. The maximum absolute atomic E-state index is 12.9. The molecule has 0 saturated heterocycles. The zero-order valence-electron chi connectivity index (χ0n) is 31.7. The molecule has 2 amide bonds. The van der Waals surface area contributed by atoms with Crippen molar-refractivity contribution in [3.05, 3.63) is 72.6 Å². The van der Waals surface area contributed by atoms with Crippen LogP contribution in [0.25, 0.3) is 33.6 Å². The first-order valence-electron chi connectivity index (χ1n) is 17.6. The number of nitrogens with two attached hydrogens (primary N) is 2. The van der Waals surface area contributed by atoms with Crippen LogP contribution in [0.1, 0.15) is 65.3 Å². The second-order valence-electron chi connectivity index (χ2n) is 13.6. The first-order chi connectivity index (χ1) is 25.7. The number of hydrogen-bond donors (Lipinski definition) is 6. The minimum absolute atomic E-state index is 0.0763. The molecule has 6 atom stereocenters. The number of amides is 2. The SMILES string of the molecule is CO[C@H](C)[C@H](N[C@H](c1ncc(-c2cccc(-c3ccccc3)c2-c2cnc([C@@H](N[C@H](C(=O)OC(N)=O)[C@@H](C)OC)C(C)C)[nH]2)[nH]1)C(C)C)C(=O)OC(N)=O. The topological polar surface area (TPSA) is 239 Å². The highest BCUT2D eigenvalue weighted by Gasteiger charge is 2.35. The third kappa shape index (κ3) is 9.96. The Balaban J connectivity index is 1.80. The number of primary amides is 2. The second kappa shape index (κ2) is 18.6. The Labute approximate surface area is 314 Å². The van der Waals surface area contributed by atoms with Gasteiger partial charge in [-0.15, -0.1) is 0 Å². The molecule has 0 saturated carbocycles. The number of ether oxygens (including phenoxy) is 4. The van der Waals surface area contributed by atoms with E-state index in [4.69, 9.17) is 40.4 Å². The van der Waals surface area contributed by atoms with Crippen LogP contribution in [0.2, 0.25) is 0 Å². The highest BCUT2D eigenvalue weighted by atomic mass is 16.6. The maximum Gasteiger partial charge on any atom is 0.412 e. The third-order valence-corrected chi connectivity index (χ3v) is 9.13. The summed E-state index contributed by atoms with van der Waals surface area (Å²) in [5.41, 5.74) is 15.1. The van der Waals surface area contributed by atoms with E-state index in [9.17, 15) is 19.2 Å². The standard InChI is InChI=1S/C38H50N8O8/c1-19(2)29(45-31(21(5)51-7)35(47)53-37(39)49)33-41-17-26(43-33)25-16-12-15-24(23-13-10-9-11-14-23)28(25)27-18-42-34(44-27)30(20(3)4)46-32(22(6)52-8)36(48)54-38(40)50/h9-22,29-32,45-46H,1-8H3,(H2,39,49)(H2,40,50)(H,41,43)(H,42,44)/t21-,22-,29+,30+,31+,32+/m1/s1. The van der Waals surface area contributed by atoms with Gasteiger partial charge >= 0.3 is 24.1 Å². The van der Waals surface area contributed by atoms with Gasteiger partial charge in [0.1, 0.15) is 23.7 Å². The number of imidazole rings is 2. The molecule has 0 aliphatic heterocycles. The summed E-state index contributed by atoms with van der Waals surface area (Å²) in [6.07, 6.45) is -0.317. The Morgan fingerprint density at radius 3 is 1.52 bits per heavy atom. The zero-order chi connectivity index (χ0) is 39.7. The van der Waals surface area contributed by atoms with Gasteiger partial charge in [0.15, 0.2) is 0 Å². The molecular formula is C38H50N8O8. The van der Waals surface area contributed by atoms with Gasteiger partial charge in [0, 0.05) is 25.3 Å². The number of H-pyrrole nitrogens is 2. The number of nitrogens with zero attached hydrogens (tertiary/aromatic N) is 2. The molecule has 2 aromatic carbocycles. The quantitative estimate of drug-likeness (QED) is 0.0634. The summed E-state index contributed by atoms with van der Waals surface area (Å²) in [7, 11) is 2.90. The number of aromatic nitrogens is 4. The van der Waals surface area contributed by atoms with Gasteiger partial charge in [0.25, 0.3) is 0 Å². The molecule has 4 rings (SSSR count). The lowest BCUT2D eigenvalue weighted by Crippen LogP contribution is -2.50. The van der Waals surface area contributed by atoms with Crippen molar-refractivity contribution < 1.29 is 38.1 Å². The van der Waals surface area contributed by atoms with E-state index in [2.05, 4.69) is 20.6 Å². The largest absolute Gasteiger partial charge is 0.412 e. The normalized spacial score (nSPS) is 14.9. The third-order valence-electron chi connectivity index (χ3n) is 9.13. The number of rotatable bonds is 17. The van der Waals surface area contributed by atoms with E-state index in [0.717, 1.165) is 22.3 Å². The van der Waals surface area contributed by atoms with Crippen LogP contribution in [0, 0.1) is 11.8 Å². The number of benzene rings is 2. The summed E-state index contributed by atoms with van der Waals surface area (Å²) in [4.78, 5) is 65.0. The van der Waals surface area contributed by atoms with Crippen LogP contribution < -0.4 is 22.1 Å². The number of carbonyl (C=O) groups excluding carboxylic acids is 4. The monoisotopic (exact) mass is 746 g/mol. The van der Waals surface area contributed by atoms with E-state index in [-0.39, 0.29) is 11.8 Å². The number of carbonyl (C=O) groups is 4. The van der Waals surface area contributed by atoms with Gasteiger partial charge < -0.3 is 40.4 Å². The molecule has 8 N–H and O–H groups in total. The van der Waals surface area contributed by atoms with E-state index < -0.39 is 60.5 Å². The van der Waals surface area contributed by atoms with Crippen LogP contribution >= 0.6 is 0 Å². The van der Waals surface area contributed by atoms with Crippen LogP contribution in [0.3, 0.4) is 0 Å². The Morgan fingerprint density at radius 1 is 0.630 bits per heavy atom. The number of esters is 2. The van der Waals surface area contributed by atoms with Gasteiger partial charge in [-0.1, -0.05) is 76.2 Å². The predicted molar refractivity (Wildman–Crippen MR) is 200 cm³/mol. The van der Waals surface area contributed by atoms with Gasteiger partial charge in [-0.05, 0) is 36.8 Å². The molecule has 2 aromatic heterocycles. The number of aromatic amines is 2. The van der Waals surface area contributed by atoms with Crippen molar-refractivity contribution in [2.24, 2.45) is 23.3 Å². The first kappa shape index (κ1) is 41.3. The Bertz CT molecular complexity index is 1890. The molecule has 4 aromatic rings. The summed E-state index contributed by atoms with van der Waals surface area (Å²) in [6.45, 7) is 11.2. The van der Waals surface area contributed by atoms with Crippen LogP contribution in [0.5, 0.6) is 0 Å². The molecule has 2 heterocycles. The Morgan fingerprint density at radius 2 is 1.07 bits per heavy atom. The predicted octanol–water partition coefficient (Wildman–Crippen LogP) is 4.76. The minimum Gasteiger partial charge on any atom is -0.379 e. The van der Waals surface area contributed by atoms with Gasteiger partial charge in [0.2, 0.25) is 0 Å². The summed E-state index contributed by atoms with van der Waals surface area (Å²) in [5.74, 6) is -0.836. The molecule has 0 unspecified atom stereocenters. The fourth-order valence-electron chi connectivity index (χ4n) is 6.13. The highest BCUT2D eigenvalue weighted by Crippen LogP contribution is 2.40. The van der Waals surface area contributed by atoms with E-state index in [1.165, 1.54) is 14.2 Å². The number of hydrogen-bond acceptors (Lipinski definition) is 12. The van der Waals surface area contributed by atoms with Crippen molar-refractivity contribution in [2.45, 2.75) is 77.9 Å². The summed E-state index contributed by atoms with van der Waals surface area (Å²) in [6, 6.07) is 12.7. The Kier molecular flexibility index (Phi) is 14.2. The van der Waals surface area contributed by atoms with E-state index in [1.54, 1.807) is 26.2 Å². The molecule has 16 nitrogen and oxygen atoms in total. The van der Waals surface area contributed by atoms with Gasteiger partial charge in [-0.2, -0.15) is 0 Å². The maximum atomic E-state index is 12.9. The fourth-order valence-corrected chi connectivity index (χ4v) is 6.13. The van der Waals surface area contributed by atoms with Gasteiger partial charge in [0.05, 0.1) is 48.1 Å². The molecule has 0 bridgehead atoms. The lowest BCUT2D eigenvalue weighted by molar-refractivity contribution is -0.144. The van der Waals surface area contributed by atoms with Crippen molar-refractivity contribution in [1.82, 2.24) is 30.6 Å². The lowest BCUT2D eigenvalue weighted by Gasteiger charge is -2.28. The minimum atomic E-state index is -1.21. The molecule has 0 aliphatic rings. The van der Waals surface area contributed by atoms with E-state index in [0.29, 0.717) is 23.0 Å². The first-order valence-corrected chi connectivity index (χ1v) is 17.6. The van der Waals surface area contributed by atoms with Gasteiger partial charge in [-0.3, -0.25) is 10.6 Å². The highest BCUT2D eigenvalue weighted by molar-refractivity contribution is 5.92. The van der Waals surface area contributed by atoms with Crippen molar-refractivity contribution in [2.75, 3.05) is 14.2 Å².